The van der Waals surface area contributed by atoms with Crippen LogP contribution in [-0.2, 0) is 16.3 Å². The molecule has 2 aromatic carbocycles. The Kier molecular flexibility index (Phi) is 9.21. The van der Waals surface area contributed by atoms with Crippen LogP contribution in [0.15, 0.2) is 47.4 Å². The number of amides is 1. The van der Waals surface area contributed by atoms with Gasteiger partial charge < -0.3 is 4.90 Å². The fourth-order valence-corrected chi connectivity index (χ4v) is 5.04. The van der Waals surface area contributed by atoms with E-state index >= 15 is 0 Å². The molecule has 6 nitrogen and oxygen atoms in total. The Bertz CT molecular complexity index is 1160. The summed E-state index contributed by atoms with van der Waals surface area (Å²) in [5.41, 5.74) is 2.56. The number of carbonyl (C=O) groups is 1. The summed E-state index contributed by atoms with van der Waals surface area (Å²) >= 11 is 1.51. The zero-order chi connectivity index (χ0) is 22.6. The SMILES string of the molecule is CCc1ccc2nc(N(CCN(CC)CC)C(=O)c3ccc(S(C)(=O)=O)cc3)sc2c1.Cl. The van der Waals surface area contributed by atoms with E-state index in [1.54, 1.807) is 17.0 Å². The number of hydrogen-bond donors (Lipinski definition) is 0. The van der Waals surface area contributed by atoms with Crippen molar-refractivity contribution >= 4 is 54.8 Å². The highest BCUT2D eigenvalue weighted by molar-refractivity contribution is 7.90. The van der Waals surface area contributed by atoms with Crippen molar-refractivity contribution in [2.75, 3.05) is 37.3 Å². The van der Waals surface area contributed by atoms with Crippen molar-refractivity contribution in [3.63, 3.8) is 0 Å². The zero-order valence-corrected chi connectivity index (χ0v) is 21.3. The molecule has 174 valence electrons. The van der Waals surface area contributed by atoms with Gasteiger partial charge in [0.1, 0.15) is 0 Å². The van der Waals surface area contributed by atoms with Crippen LogP contribution in [0.2, 0.25) is 0 Å². The average Bonchev–Trinajstić information content (AvgIpc) is 3.18. The van der Waals surface area contributed by atoms with E-state index in [2.05, 4.69) is 37.8 Å². The zero-order valence-electron chi connectivity index (χ0n) is 18.9. The predicted molar refractivity (Wildman–Crippen MR) is 135 cm³/mol. The van der Waals surface area contributed by atoms with Gasteiger partial charge in [0.05, 0.1) is 15.1 Å². The summed E-state index contributed by atoms with van der Waals surface area (Å²) < 4.78 is 24.6. The minimum atomic E-state index is -3.31. The number of benzene rings is 2. The molecule has 0 aliphatic rings. The highest BCUT2D eigenvalue weighted by Crippen LogP contribution is 2.30. The van der Waals surface area contributed by atoms with Gasteiger partial charge >= 0.3 is 0 Å². The lowest BCUT2D eigenvalue weighted by molar-refractivity contribution is 0.0983. The highest BCUT2D eigenvalue weighted by Gasteiger charge is 2.22. The number of carbonyl (C=O) groups excluding carboxylic acids is 1. The maximum Gasteiger partial charge on any atom is 0.260 e. The molecule has 3 rings (SSSR count). The molecule has 0 N–H and O–H groups in total. The molecule has 0 radical (unpaired) electrons. The first-order valence-electron chi connectivity index (χ1n) is 10.5. The minimum Gasteiger partial charge on any atom is -0.302 e. The van der Waals surface area contributed by atoms with Gasteiger partial charge in [-0.1, -0.05) is 38.2 Å². The quantitative estimate of drug-likeness (QED) is 0.431. The molecule has 0 aliphatic carbocycles. The summed E-state index contributed by atoms with van der Waals surface area (Å²) in [5, 5.41) is 0.660. The molecule has 0 atom stereocenters. The molecule has 32 heavy (non-hydrogen) atoms. The van der Waals surface area contributed by atoms with Gasteiger partial charge in [-0.3, -0.25) is 9.69 Å². The molecule has 1 heterocycles. The Labute approximate surface area is 200 Å². The molecule has 9 heteroatoms. The molecule has 0 saturated heterocycles. The maximum absolute atomic E-state index is 13.4. The number of anilines is 1. The molecular formula is C23H30ClN3O3S2. The monoisotopic (exact) mass is 495 g/mol. The second-order valence-corrected chi connectivity index (χ2v) is 10.5. The first kappa shape index (κ1) is 26.3. The van der Waals surface area contributed by atoms with Crippen LogP contribution in [0.4, 0.5) is 5.13 Å². The van der Waals surface area contributed by atoms with E-state index in [1.807, 2.05) is 6.07 Å². The van der Waals surface area contributed by atoms with Crippen molar-refractivity contribution in [3.05, 3.63) is 53.6 Å². The van der Waals surface area contributed by atoms with Gasteiger partial charge in [0.2, 0.25) is 0 Å². The van der Waals surface area contributed by atoms with Crippen molar-refractivity contribution in [1.29, 1.82) is 0 Å². The fourth-order valence-electron chi connectivity index (χ4n) is 3.36. The van der Waals surface area contributed by atoms with Crippen LogP contribution in [0.3, 0.4) is 0 Å². The summed E-state index contributed by atoms with van der Waals surface area (Å²) in [6, 6.07) is 12.3. The Morgan fingerprint density at radius 1 is 1.00 bits per heavy atom. The molecule has 0 fully saturated rings. The largest absolute Gasteiger partial charge is 0.302 e. The molecule has 1 amide bonds. The first-order chi connectivity index (χ1) is 14.8. The number of fused-ring (bicyclic) bond motifs is 1. The summed E-state index contributed by atoms with van der Waals surface area (Å²) in [5.74, 6) is -0.179. The molecule has 3 aromatic rings. The van der Waals surface area contributed by atoms with Crippen LogP contribution in [-0.4, -0.2) is 56.6 Å². The first-order valence-corrected chi connectivity index (χ1v) is 13.2. The Hall–Kier alpha value is -2.00. The number of halogens is 1. The highest BCUT2D eigenvalue weighted by atomic mass is 35.5. The maximum atomic E-state index is 13.4. The molecular weight excluding hydrogens is 466 g/mol. The average molecular weight is 496 g/mol. The molecule has 1 aromatic heterocycles. The van der Waals surface area contributed by atoms with Crippen molar-refractivity contribution in [3.8, 4) is 0 Å². The number of rotatable bonds is 9. The van der Waals surface area contributed by atoms with Crippen LogP contribution >= 0.6 is 23.7 Å². The van der Waals surface area contributed by atoms with Gasteiger partial charge in [0.15, 0.2) is 15.0 Å². The second-order valence-electron chi connectivity index (χ2n) is 7.43. The third-order valence-electron chi connectivity index (χ3n) is 5.39. The number of hydrogen-bond acceptors (Lipinski definition) is 6. The second kappa shape index (κ2) is 11.2. The summed E-state index contributed by atoms with van der Waals surface area (Å²) in [4.78, 5) is 22.3. The normalized spacial score (nSPS) is 11.5. The standard InChI is InChI=1S/C23H29N3O3S2.ClH/c1-5-17-8-13-20-21(16-17)30-23(24-20)26(15-14-25(6-2)7-3)22(27)18-9-11-19(12-10-18)31(4,28)29;/h8-13,16H,5-7,14-15H2,1-4H3;1H. The summed E-state index contributed by atoms with van der Waals surface area (Å²) in [6.07, 6.45) is 2.10. The molecule has 0 saturated carbocycles. The van der Waals surface area contributed by atoms with Gasteiger partial charge in [-0.15, -0.1) is 12.4 Å². The van der Waals surface area contributed by atoms with E-state index in [1.165, 1.54) is 29.0 Å². The van der Waals surface area contributed by atoms with Gasteiger partial charge in [-0.25, -0.2) is 13.4 Å². The van der Waals surface area contributed by atoms with Crippen molar-refractivity contribution in [2.24, 2.45) is 0 Å². The predicted octanol–water partition coefficient (Wildman–Crippen LogP) is 4.67. The minimum absolute atomic E-state index is 0. The third kappa shape index (κ3) is 6.07. The topological polar surface area (TPSA) is 70.6 Å². The van der Waals surface area contributed by atoms with Crippen molar-refractivity contribution in [1.82, 2.24) is 9.88 Å². The van der Waals surface area contributed by atoms with Crippen LogP contribution in [0.5, 0.6) is 0 Å². The van der Waals surface area contributed by atoms with Crippen molar-refractivity contribution in [2.45, 2.75) is 32.1 Å². The Morgan fingerprint density at radius 3 is 2.22 bits per heavy atom. The third-order valence-corrected chi connectivity index (χ3v) is 7.56. The van der Waals surface area contributed by atoms with Gasteiger partial charge in [0.25, 0.3) is 5.91 Å². The number of thiazole rings is 1. The van der Waals surface area contributed by atoms with Gasteiger partial charge in [-0.2, -0.15) is 0 Å². The molecule has 0 aliphatic heterocycles. The van der Waals surface area contributed by atoms with E-state index in [4.69, 9.17) is 4.98 Å². The number of likely N-dealkylation sites (N-methyl/N-ethyl adjacent to an activating group) is 1. The molecule has 0 unspecified atom stereocenters. The van der Waals surface area contributed by atoms with E-state index < -0.39 is 9.84 Å². The van der Waals surface area contributed by atoms with Crippen molar-refractivity contribution < 1.29 is 13.2 Å². The van der Waals surface area contributed by atoms with E-state index in [0.717, 1.165) is 42.5 Å². The molecule has 0 bridgehead atoms. The van der Waals surface area contributed by atoms with Crippen LogP contribution in [0, 0.1) is 0 Å². The lowest BCUT2D eigenvalue weighted by Gasteiger charge is -2.24. The smallest absolute Gasteiger partial charge is 0.260 e. The van der Waals surface area contributed by atoms with E-state index in [9.17, 15) is 13.2 Å². The van der Waals surface area contributed by atoms with E-state index in [-0.39, 0.29) is 23.2 Å². The lowest BCUT2D eigenvalue weighted by atomic mass is 10.2. The van der Waals surface area contributed by atoms with Gasteiger partial charge in [-0.05, 0) is 61.5 Å². The molecule has 0 spiro atoms. The number of aryl methyl sites for hydroxylation is 1. The number of nitrogens with zero attached hydrogens (tertiary/aromatic N) is 3. The Morgan fingerprint density at radius 2 is 1.66 bits per heavy atom. The van der Waals surface area contributed by atoms with Crippen LogP contribution < -0.4 is 4.90 Å². The summed E-state index contributed by atoms with van der Waals surface area (Å²) in [6.45, 7) is 9.37. The van der Waals surface area contributed by atoms with Gasteiger partial charge in [0, 0.05) is 24.9 Å². The van der Waals surface area contributed by atoms with E-state index in [0.29, 0.717) is 17.2 Å². The summed E-state index contributed by atoms with van der Waals surface area (Å²) in [7, 11) is -3.31. The van der Waals surface area contributed by atoms with Crippen LogP contribution in [0.25, 0.3) is 10.2 Å². The van der Waals surface area contributed by atoms with Crippen LogP contribution in [0.1, 0.15) is 36.7 Å². The Balaban J connectivity index is 0.00000363. The number of aromatic nitrogens is 1. The number of sulfone groups is 1. The lowest BCUT2D eigenvalue weighted by Crippen LogP contribution is -2.38. The fraction of sp³-hybridized carbons (Fsp3) is 0.391.